The monoisotopic (exact) mass is 324 g/mol. The molecule has 122 valence electrons. The summed E-state index contributed by atoms with van der Waals surface area (Å²) in [5.74, 6) is 0.108. The van der Waals surface area contributed by atoms with Gasteiger partial charge in [0.25, 0.3) is 0 Å². The van der Waals surface area contributed by atoms with Crippen molar-refractivity contribution in [2.24, 2.45) is 0 Å². The minimum Gasteiger partial charge on any atom is -0.390 e. The molecule has 2 heterocycles. The van der Waals surface area contributed by atoms with Crippen LogP contribution in [0.2, 0.25) is 0 Å². The van der Waals surface area contributed by atoms with Gasteiger partial charge in [0.2, 0.25) is 0 Å². The van der Waals surface area contributed by atoms with Crippen molar-refractivity contribution in [1.82, 2.24) is 9.80 Å². The van der Waals surface area contributed by atoms with E-state index in [2.05, 4.69) is 9.80 Å². The lowest BCUT2D eigenvalue weighted by Crippen LogP contribution is -2.41. The maximum absolute atomic E-state index is 12.3. The molecule has 0 saturated carbocycles. The molecule has 2 saturated heterocycles. The Kier molecular flexibility index (Phi) is 4.82. The van der Waals surface area contributed by atoms with Crippen LogP contribution in [0.25, 0.3) is 0 Å². The maximum Gasteiger partial charge on any atom is 0.179 e. The van der Waals surface area contributed by atoms with Crippen LogP contribution < -0.4 is 0 Å². The van der Waals surface area contributed by atoms with Gasteiger partial charge in [0.05, 0.1) is 16.8 Å². The Morgan fingerprint density at radius 2 is 1.77 bits per heavy atom. The molecule has 5 nitrogen and oxygen atoms in total. The molecule has 0 unspecified atom stereocenters. The van der Waals surface area contributed by atoms with E-state index >= 15 is 0 Å². The summed E-state index contributed by atoms with van der Waals surface area (Å²) in [5, 5.41) is 10.2. The summed E-state index contributed by atoms with van der Waals surface area (Å²) < 4.78 is 24.6. The number of hydrogen-bond donors (Lipinski definition) is 1. The lowest BCUT2D eigenvalue weighted by atomic mass is 10.2. The van der Waals surface area contributed by atoms with Crippen LogP contribution in [0.5, 0.6) is 0 Å². The second-order valence-electron chi connectivity index (χ2n) is 6.27. The Hall–Kier alpha value is -0.950. The van der Waals surface area contributed by atoms with E-state index in [0.29, 0.717) is 18.0 Å². The normalized spacial score (nSPS) is 27.5. The van der Waals surface area contributed by atoms with Crippen molar-refractivity contribution in [3.8, 4) is 0 Å². The second kappa shape index (κ2) is 6.66. The Bertz CT molecular complexity index is 585. The van der Waals surface area contributed by atoms with Crippen LogP contribution in [0.1, 0.15) is 12.8 Å². The van der Waals surface area contributed by atoms with Gasteiger partial charge in [-0.1, -0.05) is 18.2 Å². The maximum atomic E-state index is 12.3. The third kappa shape index (κ3) is 3.51. The fraction of sp³-hybridized carbons (Fsp3) is 0.625. The van der Waals surface area contributed by atoms with Gasteiger partial charge in [0.15, 0.2) is 9.84 Å². The van der Waals surface area contributed by atoms with Crippen LogP contribution in [0.4, 0.5) is 0 Å². The predicted molar refractivity (Wildman–Crippen MR) is 85.5 cm³/mol. The van der Waals surface area contributed by atoms with Crippen molar-refractivity contribution >= 4 is 9.84 Å². The number of benzene rings is 1. The lowest BCUT2D eigenvalue weighted by molar-refractivity contribution is 0.0979. The minimum absolute atomic E-state index is 0.108. The molecule has 2 aliphatic heterocycles. The van der Waals surface area contributed by atoms with E-state index in [1.54, 1.807) is 24.3 Å². The molecule has 0 amide bonds. The quantitative estimate of drug-likeness (QED) is 0.859. The Morgan fingerprint density at radius 3 is 2.45 bits per heavy atom. The SMILES string of the molecule is O=S(=O)(CCN1C[C@H](O)[C@@H](N2CCCC2)C1)c1ccccc1. The van der Waals surface area contributed by atoms with Gasteiger partial charge in [0.1, 0.15) is 0 Å². The van der Waals surface area contributed by atoms with Gasteiger partial charge < -0.3 is 5.11 Å². The molecule has 0 aromatic heterocycles. The summed E-state index contributed by atoms with van der Waals surface area (Å²) in [6.07, 6.45) is 2.04. The molecule has 0 radical (unpaired) electrons. The third-order valence-electron chi connectivity index (χ3n) is 4.72. The molecular formula is C16H24N2O3S. The van der Waals surface area contributed by atoms with E-state index in [0.717, 1.165) is 19.6 Å². The number of nitrogens with zero attached hydrogens (tertiary/aromatic N) is 2. The molecule has 2 fully saturated rings. The number of likely N-dealkylation sites (tertiary alicyclic amines) is 2. The first-order valence-electron chi connectivity index (χ1n) is 7.98. The zero-order chi connectivity index (χ0) is 15.6. The average molecular weight is 324 g/mol. The summed E-state index contributed by atoms with van der Waals surface area (Å²) in [5.41, 5.74) is 0. The Labute approximate surface area is 132 Å². The highest BCUT2D eigenvalue weighted by atomic mass is 32.2. The molecule has 0 bridgehead atoms. The van der Waals surface area contributed by atoms with E-state index < -0.39 is 9.84 Å². The molecule has 3 rings (SSSR count). The molecule has 0 spiro atoms. The van der Waals surface area contributed by atoms with Crippen LogP contribution in [-0.2, 0) is 9.84 Å². The Balaban J connectivity index is 1.56. The van der Waals surface area contributed by atoms with E-state index in [1.807, 2.05) is 6.07 Å². The number of hydrogen-bond acceptors (Lipinski definition) is 5. The molecule has 2 aliphatic rings. The van der Waals surface area contributed by atoms with Crippen LogP contribution in [0.15, 0.2) is 35.2 Å². The number of sulfone groups is 1. The van der Waals surface area contributed by atoms with Gasteiger partial charge in [-0.15, -0.1) is 0 Å². The predicted octanol–water partition coefficient (Wildman–Crippen LogP) is 0.601. The number of rotatable bonds is 5. The first-order chi connectivity index (χ1) is 10.6. The highest BCUT2D eigenvalue weighted by Crippen LogP contribution is 2.21. The molecule has 22 heavy (non-hydrogen) atoms. The van der Waals surface area contributed by atoms with Crippen molar-refractivity contribution in [2.45, 2.75) is 29.9 Å². The van der Waals surface area contributed by atoms with Crippen LogP contribution >= 0.6 is 0 Å². The summed E-state index contributed by atoms with van der Waals surface area (Å²) in [6, 6.07) is 8.76. The van der Waals surface area contributed by atoms with Gasteiger partial charge in [-0.25, -0.2) is 8.42 Å². The van der Waals surface area contributed by atoms with E-state index in [9.17, 15) is 13.5 Å². The largest absolute Gasteiger partial charge is 0.390 e. The van der Waals surface area contributed by atoms with Crippen molar-refractivity contribution in [3.63, 3.8) is 0 Å². The summed E-state index contributed by atoms with van der Waals surface area (Å²) in [6.45, 7) is 3.94. The number of aliphatic hydroxyl groups is 1. The zero-order valence-corrected chi connectivity index (χ0v) is 13.6. The van der Waals surface area contributed by atoms with Crippen LogP contribution in [0, 0.1) is 0 Å². The van der Waals surface area contributed by atoms with E-state index in [4.69, 9.17) is 0 Å². The van der Waals surface area contributed by atoms with Gasteiger partial charge in [-0.2, -0.15) is 0 Å². The molecule has 2 atom stereocenters. The number of aliphatic hydroxyl groups excluding tert-OH is 1. The average Bonchev–Trinajstić information content (AvgIpc) is 3.15. The highest BCUT2D eigenvalue weighted by Gasteiger charge is 2.36. The minimum atomic E-state index is -3.24. The molecule has 1 aromatic carbocycles. The topological polar surface area (TPSA) is 60.9 Å². The standard InChI is InChI=1S/C16H24N2O3S/c19-16-13-17(12-15(16)18-8-4-5-9-18)10-11-22(20,21)14-6-2-1-3-7-14/h1-3,6-7,15-16,19H,4-5,8-13H2/t15-,16-/m0/s1. The molecule has 1 N–H and O–H groups in total. The Morgan fingerprint density at radius 1 is 1.09 bits per heavy atom. The van der Waals surface area contributed by atoms with Gasteiger partial charge in [-0.05, 0) is 38.1 Å². The summed E-state index contributed by atoms with van der Waals surface area (Å²) >= 11 is 0. The van der Waals surface area contributed by atoms with E-state index in [1.165, 1.54) is 12.8 Å². The van der Waals surface area contributed by atoms with Gasteiger partial charge >= 0.3 is 0 Å². The van der Waals surface area contributed by atoms with Crippen LogP contribution in [-0.4, -0.2) is 73.9 Å². The first kappa shape index (κ1) is 15.9. The smallest absolute Gasteiger partial charge is 0.179 e. The van der Waals surface area contributed by atoms with E-state index in [-0.39, 0.29) is 17.9 Å². The van der Waals surface area contributed by atoms with Crippen molar-refractivity contribution in [3.05, 3.63) is 30.3 Å². The first-order valence-corrected chi connectivity index (χ1v) is 9.64. The summed E-state index contributed by atoms with van der Waals surface area (Å²) in [7, 11) is -3.24. The number of β-amino-alcohol motifs (C(OH)–C–C–N with tert-alkyl or cyclic N) is 1. The van der Waals surface area contributed by atoms with Crippen LogP contribution in [0.3, 0.4) is 0 Å². The van der Waals surface area contributed by atoms with Crippen molar-refractivity contribution in [1.29, 1.82) is 0 Å². The second-order valence-corrected chi connectivity index (χ2v) is 8.38. The van der Waals surface area contributed by atoms with Gasteiger partial charge in [-0.3, -0.25) is 9.80 Å². The van der Waals surface area contributed by atoms with Crippen molar-refractivity contribution in [2.75, 3.05) is 38.5 Å². The molecule has 1 aromatic rings. The van der Waals surface area contributed by atoms with Gasteiger partial charge in [0, 0.05) is 25.7 Å². The summed E-state index contributed by atoms with van der Waals surface area (Å²) in [4.78, 5) is 4.80. The lowest BCUT2D eigenvalue weighted by Gasteiger charge is -2.25. The fourth-order valence-corrected chi connectivity index (χ4v) is 4.76. The molecular weight excluding hydrogens is 300 g/mol. The fourth-order valence-electron chi connectivity index (χ4n) is 3.46. The third-order valence-corrected chi connectivity index (χ3v) is 6.43. The molecule has 6 heteroatoms. The zero-order valence-electron chi connectivity index (χ0n) is 12.8. The highest BCUT2D eigenvalue weighted by molar-refractivity contribution is 7.91. The molecule has 0 aliphatic carbocycles. The van der Waals surface area contributed by atoms with Crippen molar-refractivity contribution < 1.29 is 13.5 Å².